The molecule has 31 heavy (non-hydrogen) atoms. The maximum atomic E-state index is 12.4. The Balaban J connectivity index is 0.000000785. The van der Waals surface area contributed by atoms with Crippen molar-refractivity contribution in [3.05, 3.63) is 54.1 Å². The normalized spacial score (nSPS) is 17.4. The summed E-state index contributed by atoms with van der Waals surface area (Å²) >= 11 is 6.35. The maximum absolute atomic E-state index is 12.4. The highest BCUT2D eigenvalue weighted by Crippen LogP contribution is 2.27. The molecule has 0 aromatic heterocycles. The number of carboxylic acid groups (broad SMARTS) is 1. The van der Waals surface area contributed by atoms with Crippen LogP contribution in [0.2, 0.25) is 0 Å². The first-order valence-electron chi connectivity index (χ1n) is 10.3. The minimum Gasteiger partial charge on any atom is -0.480 e. The number of aliphatic carboxylic acids is 1. The molecule has 0 saturated carbocycles. The lowest BCUT2D eigenvalue weighted by molar-refractivity contribution is -0.135. The highest BCUT2D eigenvalue weighted by molar-refractivity contribution is 7.98. The van der Waals surface area contributed by atoms with E-state index in [0.29, 0.717) is 16.9 Å². The highest BCUT2D eigenvalue weighted by Gasteiger charge is 2.21. The predicted molar refractivity (Wildman–Crippen MR) is 134 cm³/mol. The zero-order chi connectivity index (χ0) is 22.6. The molecule has 1 saturated heterocycles. The Bertz CT molecular complexity index is 847. The molecule has 0 spiro atoms. The van der Waals surface area contributed by atoms with Gasteiger partial charge in [0, 0.05) is 35.6 Å². The number of carbonyl (C=O) groups excluding carboxylic acids is 1. The standard InChI is InChI=1S/C20H23N3O3S.C3H8S/c24-19(25)12-23-20(26)17-7-6-14(21-10-15-8-16(27)11-22-15)9-18(17)13-4-2-1-3-5-13;1-3-4-2/h1-7,9,15-16,21-22,27H,8,10-12H2,(H,23,26)(H,24,25);3H2,1-2H3. The van der Waals surface area contributed by atoms with Gasteiger partial charge in [0.2, 0.25) is 0 Å². The molecule has 2 aromatic rings. The quantitative estimate of drug-likeness (QED) is 0.386. The first-order chi connectivity index (χ1) is 14.9. The number of carbonyl (C=O) groups is 2. The molecule has 8 heteroatoms. The van der Waals surface area contributed by atoms with Gasteiger partial charge in [0.1, 0.15) is 6.54 Å². The smallest absolute Gasteiger partial charge is 0.322 e. The Morgan fingerprint density at radius 2 is 1.94 bits per heavy atom. The summed E-state index contributed by atoms with van der Waals surface area (Å²) in [6, 6.07) is 15.4. The van der Waals surface area contributed by atoms with E-state index in [-0.39, 0.29) is 0 Å². The van der Waals surface area contributed by atoms with Crippen LogP contribution in [0, 0.1) is 0 Å². The van der Waals surface area contributed by atoms with E-state index in [0.717, 1.165) is 36.3 Å². The minimum absolute atomic E-state index is 0.367. The van der Waals surface area contributed by atoms with Crippen molar-refractivity contribution in [3.8, 4) is 11.1 Å². The zero-order valence-electron chi connectivity index (χ0n) is 17.9. The molecule has 168 valence electrons. The van der Waals surface area contributed by atoms with E-state index in [2.05, 4.69) is 41.8 Å². The van der Waals surface area contributed by atoms with Gasteiger partial charge in [-0.05, 0) is 47.8 Å². The number of anilines is 1. The van der Waals surface area contributed by atoms with Crippen molar-refractivity contribution in [2.45, 2.75) is 24.6 Å². The molecule has 2 aromatic carbocycles. The van der Waals surface area contributed by atoms with Gasteiger partial charge < -0.3 is 21.1 Å². The predicted octanol–water partition coefficient (Wildman–Crippen LogP) is 3.61. The van der Waals surface area contributed by atoms with E-state index >= 15 is 0 Å². The van der Waals surface area contributed by atoms with Crippen LogP contribution in [0.4, 0.5) is 5.69 Å². The lowest BCUT2D eigenvalue weighted by atomic mass is 9.98. The molecular weight excluding hydrogens is 430 g/mol. The van der Waals surface area contributed by atoms with Crippen LogP contribution in [-0.2, 0) is 4.79 Å². The van der Waals surface area contributed by atoms with Crippen LogP contribution in [0.3, 0.4) is 0 Å². The molecule has 0 radical (unpaired) electrons. The Morgan fingerprint density at radius 1 is 1.23 bits per heavy atom. The number of thioether (sulfide) groups is 1. The van der Waals surface area contributed by atoms with Gasteiger partial charge in [-0.1, -0.05) is 37.3 Å². The third kappa shape index (κ3) is 8.47. The number of benzene rings is 2. The topological polar surface area (TPSA) is 90.5 Å². The maximum Gasteiger partial charge on any atom is 0.322 e. The second kappa shape index (κ2) is 13.3. The van der Waals surface area contributed by atoms with Crippen LogP contribution >= 0.6 is 24.4 Å². The largest absolute Gasteiger partial charge is 0.480 e. The van der Waals surface area contributed by atoms with Gasteiger partial charge in [-0.2, -0.15) is 24.4 Å². The van der Waals surface area contributed by atoms with E-state index in [4.69, 9.17) is 5.11 Å². The van der Waals surface area contributed by atoms with Crippen LogP contribution in [0.1, 0.15) is 23.7 Å². The van der Waals surface area contributed by atoms with Crippen molar-refractivity contribution >= 4 is 42.0 Å². The Kier molecular flexibility index (Phi) is 10.8. The zero-order valence-corrected chi connectivity index (χ0v) is 19.6. The van der Waals surface area contributed by atoms with Gasteiger partial charge in [-0.15, -0.1) is 0 Å². The van der Waals surface area contributed by atoms with Gasteiger partial charge in [-0.3, -0.25) is 9.59 Å². The number of thiol groups is 1. The first-order valence-corrected chi connectivity index (χ1v) is 12.2. The average molecular weight is 462 g/mol. The summed E-state index contributed by atoms with van der Waals surface area (Å²) in [7, 11) is 0. The van der Waals surface area contributed by atoms with Crippen LogP contribution in [-0.4, -0.2) is 59.9 Å². The first kappa shape index (κ1) is 25.1. The van der Waals surface area contributed by atoms with Gasteiger partial charge >= 0.3 is 5.97 Å². The fourth-order valence-electron chi connectivity index (χ4n) is 3.15. The summed E-state index contributed by atoms with van der Waals surface area (Å²) in [5.74, 6) is -0.243. The third-order valence-electron chi connectivity index (χ3n) is 4.79. The van der Waals surface area contributed by atoms with Crippen molar-refractivity contribution in [1.82, 2.24) is 10.6 Å². The van der Waals surface area contributed by atoms with Crippen molar-refractivity contribution in [2.24, 2.45) is 0 Å². The number of carboxylic acids is 1. The molecule has 6 nitrogen and oxygen atoms in total. The number of nitrogens with one attached hydrogen (secondary N) is 3. The molecule has 0 bridgehead atoms. The lowest BCUT2D eigenvalue weighted by Gasteiger charge is -2.16. The van der Waals surface area contributed by atoms with E-state index in [1.165, 1.54) is 5.75 Å². The monoisotopic (exact) mass is 461 g/mol. The summed E-state index contributed by atoms with van der Waals surface area (Å²) < 4.78 is 0. The molecule has 1 aliphatic rings. The summed E-state index contributed by atoms with van der Waals surface area (Å²) in [4.78, 5) is 23.2. The Hall–Kier alpha value is -2.16. The van der Waals surface area contributed by atoms with E-state index in [1.54, 1.807) is 6.07 Å². The molecule has 2 atom stereocenters. The van der Waals surface area contributed by atoms with E-state index in [9.17, 15) is 9.59 Å². The third-order valence-corrected chi connectivity index (χ3v) is 5.76. The van der Waals surface area contributed by atoms with Crippen LogP contribution in [0.15, 0.2) is 48.5 Å². The van der Waals surface area contributed by atoms with Gasteiger partial charge in [0.05, 0.1) is 0 Å². The number of hydrogen-bond acceptors (Lipinski definition) is 6. The number of amides is 1. The van der Waals surface area contributed by atoms with Gasteiger partial charge in [0.25, 0.3) is 5.91 Å². The van der Waals surface area contributed by atoms with Crippen molar-refractivity contribution < 1.29 is 14.7 Å². The van der Waals surface area contributed by atoms with Crippen molar-refractivity contribution in [3.63, 3.8) is 0 Å². The molecule has 2 unspecified atom stereocenters. The number of rotatable bonds is 8. The number of hydrogen-bond donors (Lipinski definition) is 5. The van der Waals surface area contributed by atoms with Crippen LogP contribution in [0.25, 0.3) is 11.1 Å². The van der Waals surface area contributed by atoms with Gasteiger partial charge in [0.15, 0.2) is 0 Å². The van der Waals surface area contributed by atoms with Crippen LogP contribution in [0.5, 0.6) is 0 Å². The van der Waals surface area contributed by atoms with Gasteiger partial charge in [-0.25, -0.2) is 0 Å². The summed E-state index contributed by atoms with van der Waals surface area (Å²) in [6.07, 6.45) is 3.11. The Morgan fingerprint density at radius 3 is 2.52 bits per heavy atom. The second-order valence-electron chi connectivity index (χ2n) is 7.16. The van der Waals surface area contributed by atoms with E-state index in [1.807, 2.05) is 54.2 Å². The fraction of sp³-hybridized carbons (Fsp3) is 0.391. The molecule has 0 aliphatic carbocycles. The molecule has 1 aliphatic heterocycles. The molecule has 4 N–H and O–H groups in total. The van der Waals surface area contributed by atoms with E-state index < -0.39 is 18.4 Å². The second-order valence-corrected chi connectivity index (χ2v) is 9.04. The minimum atomic E-state index is -1.07. The lowest BCUT2D eigenvalue weighted by Crippen LogP contribution is -2.30. The fourth-order valence-corrected chi connectivity index (χ4v) is 3.51. The molecule has 1 amide bonds. The molecule has 1 heterocycles. The molecular formula is C23H31N3O3S2. The highest BCUT2D eigenvalue weighted by atomic mass is 32.2. The summed E-state index contributed by atoms with van der Waals surface area (Å²) in [5.41, 5.74) is 3.02. The van der Waals surface area contributed by atoms with Crippen molar-refractivity contribution in [2.75, 3.05) is 37.0 Å². The van der Waals surface area contributed by atoms with Crippen LogP contribution < -0.4 is 16.0 Å². The average Bonchev–Trinajstić information content (AvgIpc) is 3.21. The molecule has 3 rings (SSSR count). The summed E-state index contributed by atoms with van der Waals surface area (Å²) in [6.45, 7) is 3.42. The summed E-state index contributed by atoms with van der Waals surface area (Å²) in [5, 5.41) is 18.4. The molecule has 1 fully saturated rings. The Labute approximate surface area is 194 Å². The van der Waals surface area contributed by atoms with Crippen molar-refractivity contribution in [1.29, 1.82) is 0 Å². The SMILES string of the molecule is CCSC.O=C(O)CNC(=O)c1ccc(NCC2CC(S)CN2)cc1-c1ccccc1.